The largest absolute Gasteiger partial charge is 0.351 e. The van der Waals surface area contributed by atoms with Crippen LogP contribution in [0.15, 0.2) is 15.9 Å². The molecule has 0 unspecified atom stereocenters. The lowest BCUT2D eigenvalue weighted by Gasteiger charge is -2.26. The van der Waals surface area contributed by atoms with Gasteiger partial charge in [-0.3, -0.25) is 4.79 Å². The Balaban J connectivity index is 1.67. The molecule has 0 spiro atoms. The maximum Gasteiger partial charge on any atom is 0.261 e. The molecule has 1 saturated carbocycles. The monoisotopic (exact) mass is 329 g/mol. The van der Waals surface area contributed by atoms with Gasteiger partial charge in [-0.1, -0.05) is 32.6 Å². The van der Waals surface area contributed by atoms with E-state index in [1.54, 1.807) is 0 Å². The van der Waals surface area contributed by atoms with Crippen molar-refractivity contribution in [1.29, 1.82) is 0 Å². The van der Waals surface area contributed by atoms with E-state index in [1.807, 2.05) is 12.1 Å². The summed E-state index contributed by atoms with van der Waals surface area (Å²) >= 11 is 4.86. The summed E-state index contributed by atoms with van der Waals surface area (Å²) in [5.41, 5.74) is 0. The fourth-order valence-corrected chi connectivity index (χ4v) is 3.83. The van der Waals surface area contributed by atoms with E-state index in [4.69, 9.17) is 0 Å². The van der Waals surface area contributed by atoms with Crippen LogP contribution < -0.4 is 5.32 Å². The van der Waals surface area contributed by atoms with Crippen LogP contribution in [0.5, 0.6) is 0 Å². The summed E-state index contributed by atoms with van der Waals surface area (Å²) < 4.78 is 1.01. The Labute approximate surface area is 121 Å². The Morgan fingerprint density at radius 1 is 1.39 bits per heavy atom. The average Bonchev–Trinajstić information content (AvgIpc) is 2.78. The van der Waals surface area contributed by atoms with Crippen molar-refractivity contribution in [3.8, 4) is 0 Å². The molecule has 0 bridgehead atoms. The Kier molecular flexibility index (Phi) is 5.25. The van der Waals surface area contributed by atoms with E-state index < -0.39 is 0 Å². The summed E-state index contributed by atoms with van der Waals surface area (Å²) in [4.78, 5) is 12.6. The van der Waals surface area contributed by atoms with Gasteiger partial charge in [0.1, 0.15) is 0 Å². The Morgan fingerprint density at radius 2 is 2.11 bits per heavy atom. The highest BCUT2D eigenvalue weighted by Gasteiger charge is 2.18. The van der Waals surface area contributed by atoms with Crippen molar-refractivity contribution in [2.75, 3.05) is 6.54 Å². The van der Waals surface area contributed by atoms with E-state index >= 15 is 0 Å². The minimum Gasteiger partial charge on any atom is -0.351 e. The Hall–Kier alpha value is -0.350. The minimum absolute atomic E-state index is 0.0647. The average molecular weight is 330 g/mol. The van der Waals surface area contributed by atoms with E-state index in [0.29, 0.717) is 0 Å². The molecule has 100 valence electrons. The molecule has 1 aliphatic carbocycles. The second-order valence-electron chi connectivity index (χ2n) is 5.27. The van der Waals surface area contributed by atoms with E-state index in [9.17, 15) is 4.79 Å². The standard InChI is InChI=1S/C14H20BrNOS/c1-10-2-4-11(5-3-10)8-9-16-14(17)12-6-7-13(15)18-12/h6-7,10-11H,2-5,8-9H2,1H3,(H,16,17). The van der Waals surface area contributed by atoms with Crippen molar-refractivity contribution >= 4 is 33.2 Å². The number of carbonyl (C=O) groups excluding carboxylic acids is 1. The van der Waals surface area contributed by atoms with Crippen LogP contribution in [0.25, 0.3) is 0 Å². The predicted octanol–water partition coefficient (Wildman–Crippen LogP) is 4.46. The molecule has 0 aliphatic heterocycles. The third kappa shape index (κ3) is 4.09. The van der Waals surface area contributed by atoms with Crippen molar-refractivity contribution < 1.29 is 4.79 Å². The van der Waals surface area contributed by atoms with Crippen LogP contribution in [0, 0.1) is 11.8 Å². The summed E-state index contributed by atoms with van der Waals surface area (Å²) in [6, 6.07) is 3.79. The molecule has 1 fully saturated rings. The molecule has 2 nitrogen and oxygen atoms in total. The number of amides is 1. The molecule has 2 rings (SSSR count). The normalized spacial score (nSPS) is 23.9. The number of thiophene rings is 1. The summed E-state index contributed by atoms with van der Waals surface area (Å²) in [6.45, 7) is 3.15. The first kappa shape index (κ1) is 14.1. The van der Waals surface area contributed by atoms with E-state index in [2.05, 4.69) is 28.2 Å². The molecule has 0 saturated heterocycles. The molecular formula is C14H20BrNOS. The third-order valence-electron chi connectivity index (χ3n) is 3.77. The zero-order valence-electron chi connectivity index (χ0n) is 10.7. The maximum atomic E-state index is 11.8. The first-order valence-corrected chi connectivity index (χ1v) is 8.29. The van der Waals surface area contributed by atoms with Gasteiger partial charge in [-0.15, -0.1) is 11.3 Å². The van der Waals surface area contributed by atoms with Crippen LogP contribution >= 0.6 is 27.3 Å². The van der Waals surface area contributed by atoms with Gasteiger partial charge in [-0.2, -0.15) is 0 Å². The van der Waals surface area contributed by atoms with E-state index in [0.717, 1.165) is 33.5 Å². The van der Waals surface area contributed by atoms with Crippen molar-refractivity contribution in [1.82, 2.24) is 5.32 Å². The number of nitrogens with one attached hydrogen (secondary N) is 1. The van der Waals surface area contributed by atoms with Crippen molar-refractivity contribution in [2.24, 2.45) is 11.8 Å². The third-order valence-corrected chi connectivity index (χ3v) is 5.39. The molecular weight excluding hydrogens is 310 g/mol. The van der Waals surface area contributed by atoms with Crippen LogP contribution in [0.1, 0.15) is 48.7 Å². The van der Waals surface area contributed by atoms with Crippen LogP contribution in [0.4, 0.5) is 0 Å². The first-order valence-electron chi connectivity index (χ1n) is 6.68. The van der Waals surface area contributed by atoms with Crippen LogP contribution in [-0.4, -0.2) is 12.5 Å². The fraction of sp³-hybridized carbons (Fsp3) is 0.643. The molecule has 1 amide bonds. The highest BCUT2D eigenvalue weighted by molar-refractivity contribution is 9.11. The van der Waals surface area contributed by atoms with Gasteiger partial charge in [-0.05, 0) is 46.3 Å². The molecule has 1 aromatic heterocycles. The fourth-order valence-electron chi connectivity index (χ4n) is 2.53. The van der Waals surface area contributed by atoms with Crippen LogP contribution in [0.3, 0.4) is 0 Å². The number of hydrogen-bond donors (Lipinski definition) is 1. The molecule has 0 radical (unpaired) electrons. The van der Waals surface area contributed by atoms with Crippen molar-refractivity contribution in [3.63, 3.8) is 0 Å². The molecule has 18 heavy (non-hydrogen) atoms. The molecule has 1 aromatic rings. The smallest absolute Gasteiger partial charge is 0.261 e. The lowest BCUT2D eigenvalue weighted by Crippen LogP contribution is -2.26. The molecule has 0 atom stereocenters. The van der Waals surface area contributed by atoms with Crippen molar-refractivity contribution in [2.45, 2.75) is 39.0 Å². The molecule has 4 heteroatoms. The Morgan fingerprint density at radius 3 is 2.72 bits per heavy atom. The van der Waals surface area contributed by atoms with Gasteiger partial charge in [0.15, 0.2) is 0 Å². The second kappa shape index (κ2) is 6.71. The van der Waals surface area contributed by atoms with Gasteiger partial charge in [0, 0.05) is 6.54 Å². The lowest BCUT2D eigenvalue weighted by molar-refractivity contribution is 0.0954. The number of carbonyl (C=O) groups is 1. The van der Waals surface area contributed by atoms with Crippen molar-refractivity contribution in [3.05, 3.63) is 20.8 Å². The molecule has 1 heterocycles. The molecule has 1 aliphatic rings. The topological polar surface area (TPSA) is 29.1 Å². The van der Waals surface area contributed by atoms with Gasteiger partial charge in [0.2, 0.25) is 0 Å². The van der Waals surface area contributed by atoms with E-state index in [1.165, 1.54) is 37.0 Å². The molecule has 0 aromatic carbocycles. The highest BCUT2D eigenvalue weighted by atomic mass is 79.9. The van der Waals surface area contributed by atoms with Crippen LogP contribution in [0.2, 0.25) is 0 Å². The highest BCUT2D eigenvalue weighted by Crippen LogP contribution is 2.30. The van der Waals surface area contributed by atoms with Gasteiger partial charge in [0.25, 0.3) is 5.91 Å². The van der Waals surface area contributed by atoms with Gasteiger partial charge in [0.05, 0.1) is 8.66 Å². The summed E-state index contributed by atoms with van der Waals surface area (Å²) in [5, 5.41) is 3.02. The lowest BCUT2D eigenvalue weighted by atomic mass is 9.81. The SMILES string of the molecule is CC1CCC(CCNC(=O)c2ccc(Br)s2)CC1. The van der Waals surface area contributed by atoms with Gasteiger partial charge >= 0.3 is 0 Å². The number of hydrogen-bond acceptors (Lipinski definition) is 2. The predicted molar refractivity (Wildman–Crippen MR) is 80.1 cm³/mol. The van der Waals surface area contributed by atoms with E-state index in [-0.39, 0.29) is 5.91 Å². The summed E-state index contributed by atoms with van der Waals surface area (Å²) in [6.07, 6.45) is 6.52. The summed E-state index contributed by atoms with van der Waals surface area (Å²) in [5.74, 6) is 1.78. The first-order chi connectivity index (χ1) is 8.65. The molecule has 1 N–H and O–H groups in total. The zero-order chi connectivity index (χ0) is 13.0. The van der Waals surface area contributed by atoms with Gasteiger partial charge in [-0.25, -0.2) is 0 Å². The zero-order valence-corrected chi connectivity index (χ0v) is 13.1. The second-order valence-corrected chi connectivity index (χ2v) is 7.74. The Bertz CT molecular complexity index is 396. The quantitative estimate of drug-likeness (QED) is 0.868. The minimum atomic E-state index is 0.0647. The summed E-state index contributed by atoms with van der Waals surface area (Å²) in [7, 11) is 0. The van der Waals surface area contributed by atoms with Crippen LogP contribution in [-0.2, 0) is 0 Å². The number of halogens is 1. The maximum absolute atomic E-state index is 11.8. The van der Waals surface area contributed by atoms with Gasteiger partial charge < -0.3 is 5.32 Å². The number of rotatable bonds is 4.